The Hall–Kier alpha value is -2.77. The van der Waals surface area contributed by atoms with Gasteiger partial charge in [-0.3, -0.25) is 5.32 Å². The Bertz CT molecular complexity index is 1300. The van der Waals surface area contributed by atoms with Crippen molar-refractivity contribution >= 4 is 39.2 Å². The van der Waals surface area contributed by atoms with Gasteiger partial charge in [0, 0.05) is 28.7 Å². The number of carbonyl (C=O) groups is 2. The molecule has 222 valence electrons. The molecule has 1 heterocycles. The van der Waals surface area contributed by atoms with E-state index in [9.17, 15) is 18.0 Å². The summed E-state index contributed by atoms with van der Waals surface area (Å²) in [5.74, 6) is 0.155. The molecule has 3 N–H and O–H groups in total. The summed E-state index contributed by atoms with van der Waals surface area (Å²) in [5.41, 5.74) is -0.605. The van der Waals surface area contributed by atoms with Gasteiger partial charge in [0.15, 0.2) is 0 Å². The van der Waals surface area contributed by atoms with Crippen LogP contribution in [0.5, 0.6) is 0 Å². The molecule has 1 aliphatic rings. The third kappa shape index (κ3) is 9.41. The van der Waals surface area contributed by atoms with Crippen molar-refractivity contribution < 1.29 is 27.5 Å². The Morgan fingerprint density at radius 2 is 1.65 bits per heavy atom. The average Bonchev–Trinajstić information content (AvgIpc) is 3.26. The Labute approximate surface area is 240 Å². The zero-order chi connectivity index (χ0) is 29.9. The van der Waals surface area contributed by atoms with Crippen LogP contribution in [0.2, 0.25) is 0 Å². The Kier molecular flexibility index (Phi) is 9.84. The zero-order valence-electron chi connectivity index (χ0n) is 24.5. The fourth-order valence-corrected chi connectivity index (χ4v) is 7.05. The van der Waals surface area contributed by atoms with Crippen LogP contribution in [0, 0.1) is 0 Å². The molecule has 0 spiro atoms. The van der Waals surface area contributed by atoms with Gasteiger partial charge in [0.05, 0.1) is 11.0 Å². The van der Waals surface area contributed by atoms with E-state index < -0.39 is 33.3 Å². The van der Waals surface area contributed by atoms with Gasteiger partial charge in [-0.2, -0.15) is 0 Å². The van der Waals surface area contributed by atoms with Crippen molar-refractivity contribution in [3.8, 4) is 10.6 Å². The molecule has 40 heavy (non-hydrogen) atoms. The van der Waals surface area contributed by atoms with Crippen molar-refractivity contribution in [2.45, 2.75) is 115 Å². The first-order valence-electron chi connectivity index (χ1n) is 13.4. The molecule has 1 aromatic heterocycles. The topological polar surface area (TPSA) is 149 Å². The maximum atomic E-state index is 13.4. The van der Waals surface area contributed by atoms with Crippen molar-refractivity contribution in [2.24, 2.45) is 0 Å². The summed E-state index contributed by atoms with van der Waals surface area (Å²) in [5, 5.41) is 15.6. The summed E-state index contributed by atoms with van der Waals surface area (Å²) in [7, 11) is -3.98. The molecule has 1 fully saturated rings. The smallest absolute Gasteiger partial charge is 0.411 e. The normalized spacial score (nSPS) is 18.3. The summed E-state index contributed by atoms with van der Waals surface area (Å²) in [4.78, 5) is 24.3. The van der Waals surface area contributed by atoms with Crippen molar-refractivity contribution in [1.29, 1.82) is 0 Å². The SMILES string of the molecule is CC(C)OC(=O)Nc1ccc(-c2nnc(C3CCC(NC(=O)OC(C)(C)C)CC3)s2)c(S(=O)(=O)NC(C)(C)C)c1. The lowest BCUT2D eigenvalue weighted by Crippen LogP contribution is -2.40. The van der Waals surface area contributed by atoms with Crippen LogP contribution in [0.4, 0.5) is 15.3 Å². The minimum atomic E-state index is -3.98. The number of hydrogen-bond acceptors (Lipinski definition) is 9. The second-order valence-corrected chi connectivity index (χ2v) is 14.9. The van der Waals surface area contributed by atoms with Gasteiger partial charge >= 0.3 is 12.2 Å². The average molecular weight is 596 g/mol. The number of anilines is 1. The van der Waals surface area contributed by atoms with Gasteiger partial charge < -0.3 is 14.8 Å². The van der Waals surface area contributed by atoms with Crippen molar-refractivity contribution in [3.05, 3.63) is 23.2 Å². The van der Waals surface area contributed by atoms with Gasteiger partial charge in [-0.15, -0.1) is 10.2 Å². The Balaban J connectivity index is 1.81. The molecule has 0 saturated heterocycles. The summed E-state index contributed by atoms with van der Waals surface area (Å²) in [6.07, 6.45) is 1.76. The number of carbonyl (C=O) groups excluding carboxylic acids is 2. The van der Waals surface area contributed by atoms with E-state index in [-0.39, 0.29) is 28.6 Å². The molecule has 0 unspecified atom stereocenters. The first kappa shape index (κ1) is 31.8. The number of nitrogens with zero attached hydrogens (tertiary/aromatic N) is 2. The molecule has 3 rings (SSSR count). The number of aromatic nitrogens is 2. The largest absolute Gasteiger partial charge is 0.447 e. The predicted octanol–water partition coefficient (Wildman–Crippen LogP) is 5.79. The minimum Gasteiger partial charge on any atom is -0.447 e. The van der Waals surface area contributed by atoms with Crippen LogP contribution in [0.3, 0.4) is 0 Å². The molecular formula is C27H41N5O6S2. The molecule has 2 amide bonds. The summed E-state index contributed by atoms with van der Waals surface area (Å²) in [6.45, 7) is 14.2. The summed E-state index contributed by atoms with van der Waals surface area (Å²) < 4.78 is 40.0. The van der Waals surface area contributed by atoms with Crippen LogP contribution in [0.25, 0.3) is 10.6 Å². The Morgan fingerprint density at radius 1 is 1.00 bits per heavy atom. The van der Waals surface area contributed by atoms with Crippen LogP contribution < -0.4 is 15.4 Å². The summed E-state index contributed by atoms with van der Waals surface area (Å²) >= 11 is 1.35. The van der Waals surface area contributed by atoms with E-state index in [2.05, 4.69) is 25.6 Å². The lowest BCUT2D eigenvalue weighted by molar-refractivity contribution is 0.0491. The molecular weight excluding hydrogens is 554 g/mol. The van der Waals surface area contributed by atoms with Crippen LogP contribution in [0.15, 0.2) is 23.1 Å². The zero-order valence-corrected chi connectivity index (χ0v) is 26.1. The molecule has 1 aliphatic carbocycles. The van der Waals surface area contributed by atoms with Crippen LogP contribution >= 0.6 is 11.3 Å². The number of hydrogen-bond donors (Lipinski definition) is 3. The molecule has 1 aromatic carbocycles. The lowest BCUT2D eigenvalue weighted by atomic mass is 9.86. The van der Waals surface area contributed by atoms with E-state index in [1.807, 2.05) is 20.8 Å². The summed E-state index contributed by atoms with van der Waals surface area (Å²) in [6, 6.07) is 4.66. The first-order valence-corrected chi connectivity index (χ1v) is 15.7. The number of rotatable bonds is 7. The fourth-order valence-electron chi connectivity index (χ4n) is 4.29. The molecule has 0 atom stereocenters. The quantitative estimate of drug-likeness (QED) is 0.364. The van der Waals surface area contributed by atoms with Crippen molar-refractivity contribution in [1.82, 2.24) is 20.2 Å². The third-order valence-electron chi connectivity index (χ3n) is 5.77. The van der Waals surface area contributed by atoms with Gasteiger partial charge in [-0.1, -0.05) is 11.3 Å². The number of benzene rings is 1. The third-order valence-corrected chi connectivity index (χ3v) is 8.69. The van der Waals surface area contributed by atoms with Gasteiger partial charge in [0.2, 0.25) is 10.0 Å². The van der Waals surface area contributed by atoms with E-state index in [1.54, 1.807) is 46.8 Å². The molecule has 0 radical (unpaired) electrons. The predicted molar refractivity (Wildman–Crippen MR) is 155 cm³/mol. The number of amides is 2. The molecule has 13 heteroatoms. The monoisotopic (exact) mass is 595 g/mol. The highest BCUT2D eigenvalue weighted by molar-refractivity contribution is 7.89. The van der Waals surface area contributed by atoms with Gasteiger partial charge in [0.1, 0.15) is 15.6 Å². The number of alkyl carbamates (subject to hydrolysis) is 1. The van der Waals surface area contributed by atoms with E-state index in [0.29, 0.717) is 10.6 Å². The van der Waals surface area contributed by atoms with Gasteiger partial charge in [-0.05, 0) is 99.3 Å². The van der Waals surface area contributed by atoms with Gasteiger partial charge in [0.25, 0.3) is 0 Å². The van der Waals surface area contributed by atoms with E-state index in [1.165, 1.54) is 17.4 Å². The number of ether oxygens (including phenoxy) is 2. The highest BCUT2D eigenvalue weighted by Gasteiger charge is 2.30. The molecule has 0 bridgehead atoms. The molecule has 0 aliphatic heterocycles. The van der Waals surface area contributed by atoms with E-state index in [0.717, 1.165) is 30.7 Å². The first-order chi connectivity index (χ1) is 18.4. The minimum absolute atomic E-state index is 0.0160. The number of nitrogens with one attached hydrogen (secondary N) is 3. The van der Waals surface area contributed by atoms with Gasteiger partial charge in [-0.25, -0.2) is 22.7 Å². The second kappa shape index (κ2) is 12.4. The highest BCUT2D eigenvalue weighted by atomic mass is 32.2. The lowest BCUT2D eigenvalue weighted by Gasteiger charge is -2.29. The van der Waals surface area contributed by atoms with E-state index >= 15 is 0 Å². The van der Waals surface area contributed by atoms with Crippen LogP contribution in [-0.4, -0.2) is 54.1 Å². The number of sulfonamides is 1. The Morgan fingerprint density at radius 3 is 2.23 bits per heavy atom. The second-order valence-electron chi connectivity index (χ2n) is 12.3. The highest BCUT2D eigenvalue weighted by Crippen LogP contribution is 2.39. The van der Waals surface area contributed by atoms with Crippen molar-refractivity contribution in [3.63, 3.8) is 0 Å². The molecule has 2 aromatic rings. The maximum absolute atomic E-state index is 13.4. The van der Waals surface area contributed by atoms with Crippen LogP contribution in [0.1, 0.15) is 92.0 Å². The van der Waals surface area contributed by atoms with Crippen molar-refractivity contribution in [2.75, 3.05) is 5.32 Å². The molecule has 11 nitrogen and oxygen atoms in total. The van der Waals surface area contributed by atoms with Crippen LogP contribution in [-0.2, 0) is 19.5 Å². The maximum Gasteiger partial charge on any atom is 0.411 e. The van der Waals surface area contributed by atoms with E-state index in [4.69, 9.17) is 9.47 Å². The fraction of sp³-hybridized carbons (Fsp3) is 0.630. The standard InChI is InChI=1S/C27H41N5O6S2/c1-16(2)37-24(33)29-19-13-14-20(21(15-19)40(35,36)32-26(3,4)5)23-31-30-22(39-23)17-9-11-18(12-10-17)28-25(34)38-27(6,7)8/h13-18,32H,9-12H2,1-8H3,(H,28,34)(H,29,33). The molecule has 1 saturated carbocycles.